The predicted molar refractivity (Wildman–Crippen MR) is 122 cm³/mol. The lowest BCUT2D eigenvalue weighted by molar-refractivity contribution is -0.136. The van der Waals surface area contributed by atoms with Gasteiger partial charge in [0.2, 0.25) is 5.88 Å². The van der Waals surface area contributed by atoms with Gasteiger partial charge in [-0.1, -0.05) is 52.3 Å². The number of hydrogen-bond donors (Lipinski definition) is 1. The van der Waals surface area contributed by atoms with Gasteiger partial charge in [-0.05, 0) is 42.3 Å². The van der Waals surface area contributed by atoms with Crippen molar-refractivity contribution in [2.45, 2.75) is 12.8 Å². The summed E-state index contributed by atoms with van der Waals surface area (Å²) in [7, 11) is 0. The lowest BCUT2D eigenvalue weighted by Crippen LogP contribution is -2.22. The molecule has 0 radical (unpaired) electrons. The Morgan fingerprint density at radius 1 is 1.09 bits per heavy atom. The first-order valence-corrected chi connectivity index (χ1v) is 10.6. The Morgan fingerprint density at radius 2 is 1.91 bits per heavy atom. The van der Waals surface area contributed by atoms with Crippen molar-refractivity contribution in [3.05, 3.63) is 99.3 Å². The highest BCUT2D eigenvalue weighted by Crippen LogP contribution is 2.45. The summed E-state index contributed by atoms with van der Waals surface area (Å²) in [4.78, 5) is 12.3. The Bertz CT molecular complexity index is 1260. The van der Waals surface area contributed by atoms with Gasteiger partial charge < -0.3 is 19.9 Å². The van der Waals surface area contributed by atoms with Gasteiger partial charge in [-0.2, -0.15) is 5.26 Å². The minimum absolute atomic E-state index is 0.0204. The molecule has 3 aromatic rings. The van der Waals surface area contributed by atoms with Gasteiger partial charge in [0.1, 0.15) is 28.9 Å². The van der Waals surface area contributed by atoms with E-state index in [0.717, 1.165) is 21.2 Å². The number of benzene rings is 3. The van der Waals surface area contributed by atoms with E-state index in [1.54, 1.807) is 24.3 Å². The van der Waals surface area contributed by atoms with Gasteiger partial charge in [0.25, 0.3) is 0 Å². The Hall–Kier alpha value is -3.76. The Balaban J connectivity index is 1.56. The first kappa shape index (κ1) is 21.5. The molecule has 6 nitrogen and oxygen atoms in total. The maximum atomic E-state index is 12.3. The molecule has 0 saturated carbocycles. The highest BCUT2D eigenvalue weighted by atomic mass is 79.9. The molecule has 0 aromatic heterocycles. The summed E-state index contributed by atoms with van der Waals surface area (Å²) in [6, 6.07) is 22.2. The minimum Gasteiger partial charge on any atom is -0.482 e. The van der Waals surface area contributed by atoms with Crippen molar-refractivity contribution in [3.63, 3.8) is 0 Å². The van der Waals surface area contributed by atoms with Crippen LogP contribution in [-0.4, -0.2) is 12.6 Å². The zero-order valence-corrected chi connectivity index (χ0v) is 18.8. The molecular formula is C25H19BrN2O4. The van der Waals surface area contributed by atoms with Crippen molar-refractivity contribution in [1.29, 1.82) is 5.26 Å². The molecule has 0 spiro atoms. The van der Waals surface area contributed by atoms with E-state index in [9.17, 15) is 10.1 Å². The zero-order chi connectivity index (χ0) is 22.7. The van der Waals surface area contributed by atoms with Crippen LogP contribution in [0.1, 0.15) is 22.6 Å². The van der Waals surface area contributed by atoms with Crippen LogP contribution >= 0.6 is 15.9 Å². The second-order valence-corrected chi connectivity index (χ2v) is 8.08. The fourth-order valence-corrected chi connectivity index (χ4v) is 4.05. The van der Waals surface area contributed by atoms with E-state index in [0.29, 0.717) is 22.8 Å². The number of hydrogen-bond acceptors (Lipinski definition) is 6. The van der Waals surface area contributed by atoms with Crippen LogP contribution in [0, 0.1) is 18.3 Å². The third kappa shape index (κ3) is 4.46. The van der Waals surface area contributed by atoms with Crippen molar-refractivity contribution in [1.82, 2.24) is 0 Å². The number of ether oxygens (including phenoxy) is 3. The van der Waals surface area contributed by atoms with Crippen molar-refractivity contribution >= 4 is 21.9 Å². The van der Waals surface area contributed by atoms with Crippen LogP contribution in [0.3, 0.4) is 0 Å². The van der Waals surface area contributed by atoms with E-state index in [2.05, 4.69) is 22.0 Å². The molecule has 3 aromatic carbocycles. The van der Waals surface area contributed by atoms with Crippen LogP contribution in [0.25, 0.3) is 0 Å². The van der Waals surface area contributed by atoms with E-state index in [4.69, 9.17) is 19.9 Å². The smallest absolute Gasteiger partial charge is 0.349 e. The lowest BCUT2D eigenvalue weighted by Gasteiger charge is -2.27. The van der Waals surface area contributed by atoms with Gasteiger partial charge in [0.15, 0.2) is 6.61 Å². The third-order valence-electron chi connectivity index (χ3n) is 4.98. The zero-order valence-electron chi connectivity index (χ0n) is 17.2. The van der Waals surface area contributed by atoms with E-state index >= 15 is 0 Å². The maximum absolute atomic E-state index is 12.3. The molecule has 0 amide bonds. The maximum Gasteiger partial charge on any atom is 0.349 e. The number of nitrogens with zero attached hydrogens (tertiary/aromatic N) is 1. The number of rotatable bonds is 5. The number of carbonyl (C=O) groups excluding carboxylic acids is 1. The van der Waals surface area contributed by atoms with Gasteiger partial charge in [0, 0.05) is 16.1 Å². The molecule has 0 fully saturated rings. The topological polar surface area (TPSA) is 94.6 Å². The Morgan fingerprint density at radius 3 is 2.66 bits per heavy atom. The predicted octanol–water partition coefficient (Wildman–Crippen LogP) is 4.96. The molecule has 0 saturated heterocycles. The Kier molecular flexibility index (Phi) is 6.15. The monoisotopic (exact) mass is 490 g/mol. The number of fused-ring (bicyclic) bond motifs is 1. The summed E-state index contributed by atoms with van der Waals surface area (Å²) in [5.74, 6) is 0.369. The highest BCUT2D eigenvalue weighted by molar-refractivity contribution is 9.10. The summed E-state index contributed by atoms with van der Waals surface area (Å²) in [6.07, 6.45) is 0. The van der Waals surface area contributed by atoms with Gasteiger partial charge in [-0.15, -0.1) is 0 Å². The number of carbonyl (C=O) groups is 1. The quantitative estimate of drug-likeness (QED) is 0.401. The van der Waals surface area contributed by atoms with Crippen LogP contribution in [0.15, 0.2) is 82.7 Å². The fourth-order valence-electron chi connectivity index (χ4n) is 3.54. The second kappa shape index (κ2) is 9.16. The average molecular weight is 491 g/mol. The average Bonchev–Trinajstić information content (AvgIpc) is 2.77. The summed E-state index contributed by atoms with van der Waals surface area (Å²) >= 11 is 3.55. The standard InChI is InChI=1S/C25H19BrN2O4/c1-15-5-4-6-16(11-15)30-14-23(29)31-17-9-10-19-22(12-17)32-25(28)20(13-27)24(19)18-7-2-3-8-21(18)26/h2-12,24H,14,28H2,1H3. The number of nitrogens with two attached hydrogens (primary N) is 1. The highest BCUT2D eigenvalue weighted by Gasteiger charge is 2.32. The molecule has 0 aliphatic carbocycles. The first-order valence-electron chi connectivity index (χ1n) is 9.82. The van der Waals surface area contributed by atoms with Crippen LogP contribution < -0.4 is 19.9 Å². The molecular weight excluding hydrogens is 472 g/mol. The molecule has 1 aliphatic rings. The third-order valence-corrected chi connectivity index (χ3v) is 5.71. The van der Waals surface area contributed by atoms with Crippen molar-refractivity contribution in [3.8, 4) is 23.3 Å². The van der Waals surface area contributed by atoms with Crippen LogP contribution in [-0.2, 0) is 4.79 Å². The second-order valence-electron chi connectivity index (χ2n) is 7.23. The Labute approximate surface area is 194 Å². The molecule has 160 valence electrons. The molecule has 1 unspecified atom stereocenters. The van der Waals surface area contributed by atoms with Gasteiger partial charge >= 0.3 is 5.97 Å². The summed E-state index contributed by atoms with van der Waals surface area (Å²) in [6.45, 7) is 1.71. The molecule has 1 aliphatic heterocycles. The summed E-state index contributed by atoms with van der Waals surface area (Å²) < 4.78 is 17.4. The molecule has 32 heavy (non-hydrogen) atoms. The van der Waals surface area contributed by atoms with E-state index in [1.165, 1.54) is 0 Å². The van der Waals surface area contributed by atoms with Gasteiger partial charge in [-0.25, -0.2) is 4.79 Å². The molecule has 4 rings (SSSR count). The van der Waals surface area contributed by atoms with Crippen LogP contribution in [0.2, 0.25) is 0 Å². The van der Waals surface area contributed by atoms with E-state index in [-0.39, 0.29) is 12.5 Å². The molecule has 1 heterocycles. The fraction of sp³-hybridized carbons (Fsp3) is 0.120. The SMILES string of the molecule is Cc1cccc(OCC(=O)Oc2ccc3c(c2)OC(N)=C(C#N)C3c2ccccc2Br)c1. The van der Waals surface area contributed by atoms with Crippen LogP contribution in [0.5, 0.6) is 17.2 Å². The van der Waals surface area contributed by atoms with Crippen molar-refractivity contribution in [2.75, 3.05) is 6.61 Å². The van der Waals surface area contributed by atoms with Gasteiger partial charge in [-0.3, -0.25) is 0 Å². The number of allylic oxidation sites excluding steroid dienone is 1. The largest absolute Gasteiger partial charge is 0.482 e. The first-order chi connectivity index (χ1) is 15.5. The van der Waals surface area contributed by atoms with E-state index < -0.39 is 11.9 Å². The lowest BCUT2D eigenvalue weighted by atomic mass is 9.83. The number of halogens is 1. The van der Waals surface area contributed by atoms with Crippen LogP contribution in [0.4, 0.5) is 0 Å². The van der Waals surface area contributed by atoms with Crippen molar-refractivity contribution < 1.29 is 19.0 Å². The molecule has 0 bridgehead atoms. The minimum atomic E-state index is -0.550. The molecule has 1 atom stereocenters. The van der Waals surface area contributed by atoms with Crippen molar-refractivity contribution in [2.24, 2.45) is 5.73 Å². The number of esters is 1. The number of nitriles is 1. The van der Waals surface area contributed by atoms with E-state index in [1.807, 2.05) is 49.4 Å². The normalized spacial score (nSPS) is 14.7. The molecule has 7 heteroatoms. The van der Waals surface area contributed by atoms with Gasteiger partial charge in [0.05, 0.1) is 5.92 Å². The number of aryl methyl sites for hydroxylation is 1. The summed E-state index contributed by atoms with van der Waals surface area (Å²) in [5, 5.41) is 9.69. The summed E-state index contributed by atoms with van der Waals surface area (Å²) in [5.41, 5.74) is 9.03. The molecule has 2 N–H and O–H groups in total.